The molecule has 1 N–H and O–H groups in total. The number of pyridine rings is 1. The van der Waals surface area contributed by atoms with E-state index in [4.69, 9.17) is 0 Å². The highest BCUT2D eigenvalue weighted by molar-refractivity contribution is 5.85. The molecule has 14 heavy (non-hydrogen) atoms. The lowest BCUT2D eigenvalue weighted by molar-refractivity contribution is 0.757. The zero-order valence-corrected chi connectivity index (χ0v) is 9.83. The van der Waals surface area contributed by atoms with E-state index in [2.05, 4.69) is 23.3 Å². The van der Waals surface area contributed by atoms with Crippen molar-refractivity contribution in [3.8, 4) is 0 Å². The Hall–Kier alpha value is -0.310. The van der Waals surface area contributed by atoms with Gasteiger partial charge in [0.05, 0.1) is 0 Å². The molecule has 2 rings (SSSR count). The lowest BCUT2D eigenvalue weighted by Gasteiger charge is -2.07. The Labute approximate surface area is 97.3 Å². The monoisotopic (exact) mass is 234 g/mol. The third-order valence-corrected chi connectivity index (χ3v) is 2.43. The maximum atomic E-state index is 4.20. The fourth-order valence-corrected chi connectivity index (χ4v) is 1.74. The van der Waals surface area contributed by atoms with Crippen LogP contribution >= 0.6 is 24.8 Å². The lowest BCUT2D eigenvalue weighted by atomic mass is 9.99. The number of nitrogens with zero attached hydrogens (tertiary/aromatic N) is 1. The van der Waals surface area contributed by atoms with Crippen molar-refractivity contribution in [2.75, 3.05) is 13.1 Å². The predicted molar refractivity (Wildman–Crippen MR) is 63.7 cm³/mol. The van der Waals surface area contributed by atoms with E-state index < -0.39 is 0 Å². The van der Waals surface area contributed by atoms with E-state index in [-0.39, 0.29) is 24.8 Å². The molecule has 1 atom stereocenters. The molecule has 0 spiro atoms. The van der Waals surface area contributed by atoms with Crippen molar-refractivity contribution in [2.45, 2.75) is 19.3 Å². The SMILES string of the molecule is Cc1cncc(C2CCNC2)c1.Cl.Cl. The second-order valence-electron chi connectivity index (χ2n) is 3.49. The van der Waals surface area contributed by atoms with E-state index in [9.17, 15) is 0 Å². The zero-order chi connectivity index (χ0) is 8.39. The van der Waals surface area contributed by atoms with Gasteiger partial charge in [-0.25, -0.2) is 0 Å². The van der Waals surface area contributed by atoms with Gasteiger partial charge in [-0.1, -0.05) is 6.07 Å². The fraction of sp³-hybridized carbons (Fsp3) is 0.500. The molecule has 1 aliphatic rings. The Balaban J connectivity index is 0.000000845. The minimum atomic E-state index is 0. The molecule has 0 radical (unpaired) electrons. The highest BCUT2D eigenvalue weighted by Gasteiger charge is 2.16. The molecule has 1 aromatic rings. The Bertz CT molecular complexity index is 273. The Morgan fingerprint density at radius 2 is 2.14 bits per heavy atom. The summed E-state index contributed by atoms with van der Waals surface area (Å²) in [6.45, 7) is 4.36. The van der Waals surface area contributed by atoms with Gasteiger partial charge in [0.1, 0.15) is 0 Å². The molecule has 0 bridgehead atoms. The first-order chi connectivity index (χ1) is 5.86. The molecule has 1 aliphatic heterocycles. The molecular formula is C10H16Cl2N2. The minimum Gasteiger partial charge on any atom is -0.316 e. The molecule has 1 unspecified atom stereocenters. The highest BCUT2D eigenvalue weighted by atomic mass is 35.5. The molecule has 0 aromatic carbocycles. The van der Waals surface area contributed by atoms with Crippen LogP contribution < -0.4 is 5.32 Å². The van der Waals surface area contributed by atoms with Gasteiger partial charge in [0.25, 0.3) is 0 Å². The second kappa shape index (κ2) is 6.23. The number of aromatic nitrogens is 1. The smallest absolute Gasteiger partial charge is 0.0303 e. The zero-order valence-electron chi connectivity index (χ0n) is 8.19. The molecule has 0 saturated carbocycles. The summed E-state index contributed by atoms with van der Waals surface area (Å²) >= 11 is 0. The summed E-state index contributed by atoms with van der Waals surface area (Å²) in [4.78, 5) is 4.20. The molecule has 4 heteroatoms. The van der Waals surface area contributed by atoms with Crippen LogP contribution in [0.4, 0.5) is 0 Å². The van der Waals surface area contributed by atoms with E-state index in [1.54, 1.807) is 0 Å². The summed E-state index contributed by atoms with van der Waals surface area (Å²) in [6, 6.07) is 2.24. The average molecular weight is 235 g/mol. The fourth-order valence-electron chi connectivity index (χ4n) is 1.74. The number of nitrogens with one attached hydrogen (secondary N) is 1. The van der Waals surface area contributed by atoms with Crippen molar-refractivity contribution < 1.29 is 0 Å². The van der Waals surface area contributed by atoms with Crippen molar-refractivity contribution in [1.82, 2.24) is 10.3 Å². The van der Waals surface area contributed by atoms with Crippen molar-refractivity contribution in [3.63, 3.8) is 0 Å². The van der Waals surface area contributed by atoms with Crippen LogP contribution in [0, 0.1) is 6.92 Å². The van der Waals surface area contributed by atoms with Crippen molar-refractivity contribution in [2.24, 2.45) is 0 Å². The largest absolute Gasteiger partial charge is 0.316 e. The lowest BCUT2D eigenvalue weighted by Crippen LogP contribution is -2.08. The van der Waals surface area contributed by atoms with Crippen LogP contribution in [0.2, 0.25) is 0 Å². The van der Waals surface area contributed by atoms with Gasteiger partial charge >= 0.3 is 0 Å². The van der Waals surface area contributed by atoms with Gasteiger partial charge in [-0.15, -0.1) is 24.8 Å². The van der Waals surface area contributed by atoms with Gasteiger partial charge < -0.3 is 5.32 Å². The third kappa shape index (κ3) is 3.12. The average Bonchev–Trinajstić information content (AvgIpc) is 2.56. The molecule has 0 aliphatic carbocycles. The molecule has 2 heterocycles. The Morgan fingerprint density at radius 1 is 1.36 bits per heavy atom. The van der Waals surface area contributed by atoms with Crippen LogP contribution in [-0.4, -0.2) is 18.1 Å². The topological polar surface area (TPSA) is 24.9 Å². The first-order valence-corrected chi connectivity index (χ1v) is 4.48. The van der Waals surface area contributed by atoms with Crippen LogP contribution in [-0.2, 0) is 0 Å². The number of aryl methyl sites for hydroxylation is 1. The van der Waals surface area contributed by atoms with Gasteiger partial charge in [0.2, 0.25) is 0 Å². The summed E-state index contributed by atoms with van der Waals surface area (Å²) in [6.07, 6.45) is 5.15. The maximum absolute atomic E-state index is 4.20. The van der Waals surface area contributed by atoms with Gasteiger partial charge in [-0.3, -0.25) is 4.98 Å². The standard InChI is InChI=1S/C10H14N2.2ClH/c1-8-4-10(7-12-5-8)9-2-3-11-6-9;;/h4-5,7,9,11H,2-3,6H2,1H3;2*1H. The number of hydrogen-bond donors (Lipinski definition) is 1. The van der Waals surface area contributed by atoms with Crippen molar-refractivity contribution in [3.05, 3.63) is 29.6 Å². The van der Waals surface area contributed by atoms with Crippen LogP contribution in [0.5, 0.6) is 0 Å². The van der Waals surface area contributed by atoms with Crippen LogP contribution in [0.15, 0.2) is 18.5 Å². The van der Waals surface area contributed by atoms with E-state index >= 15 is 0 Å². The second-order valence-corrected chi connectivity index (χ2v) is 3.49. The van der Waals surface area contributed by atoms with E-state index in [1.807, 2.05) is 12.4 Å². The molecule has 0 amide bonds. The summed E-state index contributed by atoms with van der Waals surface area (Å²) < 4.78 is 0. The highest BCUT2D eigenvalue weighted by Crippen LogP contribution is 2.21. The summed E-state index contributed by atoms with van der Waals surface area (Å²) in [5.41, 5.74) is 2.65. The summed E-state index contributed by atoms with van der Waals surface area (Å²) in [5, 5.41) is 3.36. The van der Waals surface area contributed by atoms with Crippen molar-refractivity contribution >= 4 is 24.8 Å². The van der Waals surface area contributed by atoms with Gasteiger partial charge in [-0.05, 0) is 36.9 Å². The van der Waals surface area contributed by atoms with E-state index in [0.717, 1.165) is 13.1 Å². The molecule has 2 nitrogen and oxygen atoms in total. The number of hydrogen-bond acceptors (Lipinski definition) is 2. The number of rotatable bonds is 1. The Morgan fingerprint density at radius 3 is 2.71 bits per heavy atom. The molecule has 1 fully saturated rings. The predicted octanol–water partition coefficient (Wildman–Crippen LogP) is 2.31. The van der Waals surface area contributed by atoms with Gasteiger partial charge in [0, 0.05) is 18.9 Å². The van der Waals surface area contributed by atoms with Gasteiger partial charge in [0.15, 0.2) is 0 Å². The third-order valence-electron chi connectivity index (χ3n) is 2.43. The quantitative estimate of drug-likeness (QED) is 0.807. The summed E-state index contributed by atoms with van der Waals surface area (Å²) in [7, 11) is 0. The van der Waals surface area contributed by atoms with Gasteiger partial charge in [-0.2, -0.15) is 0 Å². The maximum Gasteiger partial charge on any atom is 0.0303 e. The summed E-state index contributed by atoms with van der Waals surface area (Å²) in [5.74, 6) is 0.692. The first kappa shape index (κ1) is 13.7. The normalized spacial score (nSPS) is 19.6. The van der Waals surface area contributed by atoms with Crippen LogP contribution in [0.1, 0.15) is 23.5 Å². The molecule has 80 valence electrons. The van der Waals surface area contributed by atoms with Crippen LogP contribution in [0.25, 0.3) is 0 Å². The molecule has 1 aromatic heterocycles. The van der Waals surface area contributed by atoms with E-state index in [0.29, 0.717) is 5.92 Å². The van der Waals surface area contributed by atoms with Crippen molar-refractivity contribution in [1.29, 1.82) is 0 Å². The Kier molecular flexibility index (Phi) is 6.09. The minimum absolute atomic E-state index is 0. The molecule has 1 saturated heterocycles. The number of halogens is 2. The van der Waals surface area contributed by atoms with Crippen LogP contribution in [0.3, 0.4) is 0 Å². The molecular weight excluding hydrogens is 219 g/mol. The first-order valence-electron chi connectivity index (χ1n) is 4.48. The van der Waals surface area contributed by atoms with E-state index in [1.165, 1.54) is 17.5 Å².